The van der Waals surface area contributed by atoms with Gasteiger partial charge in [0.05, 0.1) is 22.8 Å². The Bertz CT molecular complexity index is 694. The maximum absolute atomic E-state index is 12.5. The molecule has 2 aromatic rings. The average Bonchev–Trinajstić information content (AvgIpc) is 2.47. The van der Waals surface area contributed by atoms with Crippen LogP contribution in [-0.2, 0) is 0 Å². The first-order valence-electron chi connectivity index (χ1n) is 6.34. The van der Waals surface area contributed by atoms with Crippen LogP contribution in [-0.4, -0.2) is 23.5 Å². The lowest BCUT2D eigenvalue weighted by Crippen LogP contribution is -2.06. The minimum atomic E-state index is -1.13. The minimum absolute atomic E-state index is 0.0299. The normalized spacial score (nSPS) is 10.2. The predicted octanol–water partition coefficient (Wildman–Crippen LogP) is 3.67. The van der Waals surface area contributed by atoms with E-state index in [9.17, 15) is 9.59 Å². The Labute approximate surface area is 126 Å². The van der Waals surface area contributed by atoms with E-state index < -0.39 is 5.97 Å². The highest BCUT2D eigenvalue weighted by Crippen LogP contribution is 2.24. The second-order valence-corrected chi connectivity index (χ2v) is 4.67. The van der Waals surface area contributed by atoms with Crippen LogP contribution in [0.5, 0.6) is 5.75 Å². The van der Waals surface area contributed by atoms with Crippen LogP contribution in [0.3, 0.4) is 0 Å². The lowest BCUT2D eigenvalue weighted by molar-refractivity contribution is 0.0696. The van der Waals surface area contributed by atoms with E-state index in [1.54, 1.807) is 24.3 Å². The molecule has 21 heavy (non-hydrogen) atoms. The number of hydrogen-bond donors (Lipinski definition) is 1. The van der Waals surface area contributed by atoms with E-state index in [0.717, 1.165) is 0 Å². The van der Waals surface area contributed by atoms with Crippen molar-refractivity contribution in [2.75, 3.05) is 6.61 Å². The van der Waals surface area contributed by atoms with Crippen molar-refractivity contribution in [2.45, 2.75) is 6.92 Å². The van der Waals surface area contributed by atoms with Crippen LogP contribution in [0.15, 0.2) is 42.5 Å². The fourth-order valence-corrected chi connectivity index (χ4v) is 2.18. The largest absolute Gasteiger partial charge is 0.493 e. The number of ketones is 1. The number of carboxylic acid groups (broad SMARTS) is 1. The molecule has 0 saturated carbocycles. The second kappa shape index (κ2) is 6.41. The van der Waals surface area contributed by atoms with Crippen LogP contribution in [0.25, 0.3) is 0 Å². The molecule has 0 fully saturated rings. The number of benzene rings is 2. The molecule has 1 N–H and O–H groups in total. The highest BCUT2D eigenvalue weighted by atomic mass is 35.5. The number of aromatic carboxylic acids is 1. The van der Waals surface area contributed by atoms with Crippen LogP contribution in [0.4, 0.5) is 0 Å². The minimum Gasteiger partial charge on any atom is -0.493 e. The number of rotatable bonds is 5. The number of carbonyl (C=O) groups excluding carboxylic acids is 1. The van der Waals surface area contributed by atoms with Gasteiger partial charge in [0.15, 0.2) is 5.78 Å². The summed E-state index contributed by atoms with van der Waals surface area (Å²) in [5, 5.41) is 8.97. The molecule has 0 aliphatic rings. The number of carbonyl (C=O) groups is 2. The molecule has 0 spiro atoms. The molecule has 0 amide bonds. The van der Waals surface area contributed by atoms with Gasteiger partial charge in [0.25, 0.3) is 0 Å². The van der Waals surface area contributed by atoms with Crippen molar-refractivity contribution in [3.05, 3.63) is 64.2 Å². The summed E-state index contributed by atoms with van der Waals surface area (Å²) in [7, 11) is 0. The number of carboxylic acids is 1. The molecular formula is C16H13ClO4. The summed E-state index contributed by atoms with van der Waals surface area (Å²) in [6, 6.07) is 11.0. The topological polar surface area (TPSA) is 63.6 Å². The zero-order valence-electron chi connectivity index (χ0n) is 11.3. The molecule has 0 radical (unpaired) electrons. The van der Waals surface area contributed by atoms with Crippen LogP contribution < -0.4 is 4.74 Å². The fourth-order valence-electron chi connectivity index (χ4n) is 1.92. The van der Waals surface area contributed by atoms with E-state index in [1.807, 2.05) is 6.92 Å². The lowest BCUT2D eigenvalue weighted by Gasteiger charge is -2.09. The van der Waals surface area contributed by atoms with E-state index in [2.05, 4.69) is 0 Å². The van der Waals surface area contributed by atoms with Gasteiger partial charge in [-0.3, -0.25) is 4.79 Å². The van der Waals surface area contributed by atoms with E-state index in [0.29, 0.717) is 23.5 Å². The Morgan fingerprint density at radius 1 is 1.14 bits per heavy atom. The van der Waals surface area contributed by atoms with Gasteiger partial charge < -0.3 is 9.84 Å². The molecule has 0 saturated heterocycles. The number of halogens is 1. The Kier molecular flexibility index (Phi) is 4.60. The highest BCUT2D eigenvalue weighted by Gasteiger charge is 2.17. The summed E-state index contributed by atoms with van der Waals surface area (Å²) >= 11 is 5.89. The molecule has 0 heterocycles. The smallest absolute Gasteiger partial charge is 0.337 e. The first kappa shape index (κ1) is 15.1. The summed E-state index contributed by atoms with van der Waals surface area (Å²) in [6.45, 7) is 2.28. The Hall–Kier alpha value is -2.33. The van der Waals surface area contributed by atoms with E-state index in [4.69, 9.17) is 21.4 Å². The monoisotopic (exact) mass is 304 g/mol. The Morgan fingerprint density at radius 2 is 1.86 bits per heavy atom. The quantitative estimate of drug-likeness (QED) is 0.856. The van der Waals surface area contributed by atoms with Gasteiger partial charge in [-0.2, -0.15) is 0 Å². The van der Waals surface area contributed by atoms with E-state index in [-0.39, 0.29) is 16.4 Å². The summed E-state index contributed by atoms with van der Waals surface area (Å²) in [5.41, 5.74) is 0.696. The van der Waals surface area contributed by atoms with Gasteiger partial charge in [0, 0.05) is 5.56 Å². The third-order valence-corrected chi connectivity index (χ3v) is 3.21. The van der Waals surface area contributed by atoms with Gasteiger partial charge in [-0.15, -0.1) is 0 Å². The lowest BCUT2D eigenvalue weighted by atomic mass is 10.0. The van der Waals surface area contributed by atoms with Gasteiger partial charge in [0.1, 0.15) is 5.75 Å². The second-order valence-electron chi connectivity index (χ2n) is 4.26. The van der Waals surface area contributed by atoms with Crippen LogP contribution >= 0.6 is 11.6 Å². The van der Waals surface area contributed by atoms with Gasteiger partial charge in [-0.05, 0) is 31.2 Å². The summed E-state index contributed by atoms with van der Waals surface area (Å²) in [4.78, 5) is 23.4. The van der Waals surface area contributed by atoms with Gasteiger partial charge in [-0.1, -0.05) is 29.8 Å². The summed E-state index contributed by atoms with van der Waals surface area (Å²) < 4.78 is 5.42. The van der Waals surface area contributed by atoms with Crippen molar-refractivity contribution in [3.63, 3.8) is 0 Å². The molecule has 108 valence electrons. The van der Waals surface area contributed by atoms with Crippen LogP contribution in [0.1, 0.15) is 33.2 Å². The molecule has 2 aromatic carbocycles. The van der Waals surface area contributed by atoms with Crippen LogP contribution in [0.2, 0.25) is 5.02 Å². The average molecular weight is 305 g/mol. The summed E-state index contributed by atoms with van der Waals surface area (Å²) in [5.74, 6) is -0.907. The van der Waals surface area contributed by atoms with Crippen molar-refractivity contribution >= 4 is 23.4 Å². The zero-order chi connectivity index (χ0) is 15.4. The maximum atomic E-state index is 12.5. The molecule has 0 unspecified atom stereocenters. The zero-order valence-corrected chi connectivity index (χ0v) is 12.1. The van der Waals surface area contributed by atoms with Crippen molar-refractivity contribution in [1.82, 2.24) is 0 Å². The SMILES string of the molecule is CCOc1ccccc1C(=O)c1ccc(C(=O)O)c(Cl)c1. The van der Waals surface area contributed by atoms with Crippen LogP contribution in [0, 0.1) is 0 Å². The first-order chi connectivity index (χ1) is 10.0. The van der Waals surface area contributed by atoms with Crippen molar-refractivity contribution in [2.24, 2.45) is 0 Å². The number of ether oxygens (including phenoxy) is 1. The predicted molar refractivity (Wildman–Crippen MR) is 79.5 cm³/mol. The molecule has 0 aromatic heterocycles. The standard InChI is InChI=1S/C16H13ClO4/c1-2-21-14-6-4-3-5-12(14)15(18)10-7-8-11(16(19)20)13(17)9-10/h3-9H,2H2,1H3,(H,19,20). The molecule has 0 atom stereocenters. The number of hydrogen-bond acceptors (Lipinski definition) is 3. The maximum Gasteiger partial charge on any atom is 0.337 e. The molecule has 4 nitrogen and oxygen atoms in total. The highest BCUT2D eigenvalue weighted by molar-refractivity contribution is 6.34. The molecule has 5 heteroatoms. The molecule has 2 rings (SSSR count). The van der Waals surface area contributed by atoms with Gasteiger partial charge >= 0.3 is 5.97 Å². The van der Waals surface area contributed by atoms with Crippen molar-refractivity contribution in [1.29, 1.82) is 0 Å². The molecule has 0 bridgehead atoms. The summed E-state index contributed by atoms with van der Waals surface area (Å²) in [6.07, 6.45) is 0. The Balaban J connectivity index is 2.41. The Morgan fingerprint density at radius 3 is 2.48 bits per heavy atom. The van der Waals surface area contributed by atoms with E-state index in [1.165, 1.54) is 18.2 Å². The third-order valence-electron chi connectivity index (χ3n) is 2.89. The van der Waals surface area contributed by atoms with Gasteiger partial charge in [-0.25, -0.2) is 4.79 Å². The van der Waals surface area contributed by atoms with Crippen molar-refractivity contribution in [3.8, 4) is 5.75 Å². The molecule has 0 aliphatic heterocycles. The van der Waals surface area contributed by atoms with Gasteiger partial charge in [0.2, 0.25) is 0 Å². The molecule has 0 aliphatic carbocycles. The van der Waals surface area contributed by atoms with E-state index >= 15 is 0 Å². The van der Waals surface area contributed by atoms with Crippen molar-refractivity contribution < 1.29 is 19.4 Å². The number of para-hydroxylation sites is 1. The first-order valence-corrected chi connectivity index (χ1v) is 6.71. The molecular weight excluding hydrogens is 292 g/mol. The fraction of sp³-hybridized carbons (Fsp3) is 0.125. The third kappa shape index (κ3) is 3.23.